The number of anilines is 1. The van der Waals surface area contributed by atoms with Crippen molar-refractivity contribution >= 4 is 12.0 Å². The monoisotopic (exact) mass is 137 g/mol. The van der Waals surface area contributed by atoms with Gasteiger partial charge in [0.05, 0.1) is 6.21 Å². The highest BCUT2D eigenvalue weighted by Crippen LogP contribution is 2.01. The average Bonchev–Trinajstić information content (AvgIpc) is 1.94. The molecular formula is C6H7N3O. The SMILES string of the molecule is Nc1ncccc1C=NO. The van der Waals surface area contributed by atoms with Crippen LogP contribution in [0, 0.1) is 0 Å². The minimum Gasteiger partial charge on any atom is -0.411 e. The molecule has 0 fully saturated rings. The van der Waals surface area contributed by atoms with Crippen molar-refractivity contribution in [1.29, 1.82) is 0 Å². The molecule has 1 rings (SSSR count). The summed E-state index contributed by atoms with van der Waals surface area (Å²) in [6, 6.07) is 3.43. The summed E-state index contributed by atoms with van der Waals surface area (Å²) < 4.78 is 0. The lowest BCUT2D eigenvalue weighted by Gasteiger charge is -1.93. The number of hydrogen-bond donors (Lipinski definition) is 2. The van der Waals surface area contributed by atoms with Gasteiger partial charge in [-0.3, -0.25) is 0 Å². The van der Waals surface area contributed by atoms with E-state index in [2.05, 4.69) is 10.1 Å². The van der Waals surface area contributed by atoms with E-state index < -0.39 is 0 Å². The number of rotatable bonds is 1. The Balaban J connectivity index is 3.03. The van der Waals surface area contributed by atoms with Gasteiger partial charge in [-0.15, -0.1) is 0 Å². The molecule has 4 nitrogen and oxygen atoms in total. The first-order valence-electron chi connectivity index (χ1n) is 2.72. The van der Waals surface area contributed by atoms with Crippen LogP contribution in [-0.4, -0.2) is 16.4 Å². The number of oxime groups is 1. The van der Waals surface area contributed by atoms with Crippen LogP contribution in [-0.2, 0) is 0 Å². The molecule has 0 atom stereocenters. The minimum atomic E-state index is 0.361. The van der Waals surface area contributed by atoms with Crippen molar-refractivity contribution in [3.8, 4) is 0 Å². The Morgan fingerprint density at radius 1 is 1.70 bits per heavy atom. The van der Waals surface area contributed by atoms with Crippen LogP contribution in [0.25, 0.3) is 0 Å². The molecule has 0 spiro atoms. The van der Waals surface area contributed by atoms with Crippen molar-refractivity contribution in [3.05, 3.63) is 23.9 Å². The van der Waals surface area contributed by atoms with Gasteiger partial charge in [0.25, 0.3) is 0 Å². The highest BCUT2D eigenvalue weighted by Gasteiger charge is 1.92. The van der Waals surface area contributed by atoms with Gasteiger partial charge in [-0.1, -0.05) is 5.16 Å². The van der Waals surface area contributed by atoms with Gasteiger partial charge in [0.1, 0.15) is 5.82 Å². The van der Waals surface area contributed by atoms with Gasteiger partial charge >= 0.3 is 0 Å². The summed E-state index contributed by atoms with van der Waals surface area (Å²) in [5.41, 5.74) is 6.01. The molecule has 0 aliphatic heterocycles. The molecule has 1 heterocycles. The van der Waals surface area contributed by atoms with E-state index in [0.29, 0.717) is 11.4 Å². The van der Waals surface area contributed by atoms with Gasteiger partial charge < -0.3 is 10.9 Å². The van der Waals surface area contributed by atoms with Crippen molar-refractivity contribution < 1.29 is 5.21 Å². The Kier molecular flexibility index (Phi) is 1.84. The van der Waals surface area contributed by atoms with E-state index in [9.17, 15) is 0 Å². The fourth-order valence-electron chi connectivity index (χ4n) is 0.601. The van der Waals surface area contributed by atoms with Gasteiger partial charge in [-0.05, 0) is 12.1 Å². The average molecular weight is 137 g/mol. The second kappa shape index (κ2) is 2.82. The summed E-state index contributed by atoms with van der Waals surface area (Å²) in [6.45, 7) is 0. The molecule has 0 saturated carbocycles. The van der Waals surface area contributed by atoms with E-state index in [0.717, 1.165) is 0 Å². The number of nitrogens with two attached hydrogens (primary N) is 1. The van der Waals surface area contributed by atoms with Crippen LogP contribution in [0.5, 0.6) is 0 Å². The van der Waals surface area contributed by atoms with Crippen molar-refractivity contribution in [1.82, 2.24) is 4.98 Å². The van der Waals surface area contributed by atoms with Crippen LogP contribution in [0.3, 0.4) is 0 Å². The number of nitrogens with zero attached hydrogens (tertiary/aromatic N) is 2. The second-order valence-corrected chi connectivity index (χ2v) is 1.72. The molecule has 4 heteroatoms. The summed E-state index contributed by atoms with van der Waals surface area (Å²) in [6.07, 6.45) is 2.81. The van der Waals surface area contributed by atoms with Crippen LogP contribution < -0.4 is 5.73 Å². The fraction of sp³-hybridized carbons (Fsp3) is 0. The summed E-state index contributed by atoms with van der Waals surface area (Å²) >= 11 is 0. The van der Waals surface area contributed by atoms with E-state index >= 15 is 0 Å². The Hall–Kier alpha value is -1.58. The summed E-state index contributed by atoms with van der Waals surface area (Å²) in [5.74, 6) is 0.361. The molecule has 10 heavy (non-hydrogen) atoms. The maximum atomic E-state index is 8.13. The first kappa shape index (κ1) is 6.54. The predicted octanol–water partition coefficient (Wildman–Crippen LogP) is 0.472. The molecule has 0 bridgehead atoms. The largest absolute Gasteiger partial charge is 0.411 e. The van der Waals surface area contributed by atoms with Crippen LogP contribution in [0.4, 0.5) is 5.82 Å². The topological polar surface area (TPSA) is 71.5 Å². The van der Waals surface area contributed by atoms with Gasteiger partial charge in [-0.2, -0.15) is 0 Å². The van der Waals surface area contributed by atoms with E-state index in [-0.39, 0.29) is 0 Å². The molecule has 0 radical (unpaired) electrons. The molecule has 1 aromatic rings. The molecule has 1 aromatic heterocycles. The number of nitrogen functional groups attached to an aromatic ring is 1. The molecule has 0 aliphatic carbocycles. The predicted molar refractivity (Wildman–Crippen MR) is 38.0 cm³/mol. The van der Waals surface area contributed by atoms with Gasteiger partial charge in [0.15, 0.2) is 0 Å². The van der Waals surface area contributed by atoms with Crippen LogP contribution in [0.2, 0.25) is 0 Å². The smallest absolute Gasteiger partial charge is 0.132 e. The van der Waals surface area contributed by atoms with Crippen molar-refractivity contribution in [2.75, 3.05) is 5.73 Å². The fourth-order valence-corrected chi connectivity index (χ4v) is 0.601. The second-order valence-electron chi connectivity index (χ2n) is 1.72. The van der Waals surface area contributed by atoms with Gasteiger partial charge in [0, 0.05) is 11.8 Å². The van der Waals surface area contributed by atoms with Gasteiger partial charge in [0.2, 0.25) is 0 Å². The Morgan fingerprint density at radius 3 is 3.10 bits per heavy atom. The van der Waals surface area contributed by atoms with Crippen LogP contribution in [0.15, 0.2) is 23.5 Å². The Morgan fingerprint density at radius 2 is 2.50 bits per heavy atom. The van der Waals surface area contributed by atoms with Crippen LogP contribution >= 0.6 is 0 Å². The zero-order valence-corrected chi connectivity index (χ0v) is 5.23. The van der Waals surface area contributed by atoms with Crippen molar-refractivity contribution in [2.45, 2.75) is 0 Å². The molecule has 0 unspecified atom stereocenters. The van der Waals surface area contributed by atoms with E-state index in [1.807, 2.05) is 0 Å². The number of hydrogen-bond acceptors (Lipinski definition) is 4. The molecule has 0 aliphatic rings. The van der Waals surface area contributed by atoms with E-state index in [1.54, 1.807) is 18.3 Å². The quantitative estimate of drug-likeness (QED) is 0.336. The molecule has 3 N–H and O–H groups in total. The summed E-state index contributed by atoms with van der Waals surface area (Å²) in [7, 11) is 0. The molecular weight excluding hydrogens is 130 g/mol. The molecule has 0 saturated heterocycles. The van der Waals surface area contributed by atoms with E-state index in [4.69, 9.17) is 10.9 Å². The number of aromatic nitrogens is 1. The lowest BCUT2D eigenvalue weighted by Crippen LogP contribution is -1.95. The standard InChI is InChI=1S/C6H7N3O/c7-6-5(4-9-10)2-1-3-8-6/h1-4,10H,(H2,7,8). The third-order valence-corrected chi connectivity index (χ3v) is 1.07. The van der Waals surface area contributed by atoms with E-state index in [1.165, 1.54) is 6.21 Å². The first-order valence-corrected chi connectivity index (χ1v) is 2.72. The first-order chi connectivity index (χ1) is 4.84. The highest BCUT2D eigenvalue weighted by molar-refractivity contribution is 5.84. The zero-order valence-electron chi connectivity index (χ0n) is 5.23. The maximum Gasteiger partial charge on any atom is 0.132 e. The summed E-state index contributed by atoms with van der Waals surface area (Å²) in [5, 5.41) is 11.0. The third-order valence-electron chi connectivity index (χ3n) is 1.07. The normalized spacial score (nSPS) is 10.4. The minimum absolute atomic E-state index is 0.361. The van der Waals surface area contributed by atoms with Crippen molar-refractivity contribution in [2.24, 2.45) is 5.16 Å². The lowest BCUT2D eigenvalue weighted by molar-refractivity contribution is 0.322. The molecule has 52 valence electrons. The Labute approximate surface area is 58.0 Å². The lowest BCUT2D eigenvalue weighted by atomic mass is 10.3. The Bertz CT molecular complexity index is 247. The third kappa shape index (κ3) is 1.22. The summed E-state index contributed by atoms with van der Waals surface area (Å²) in [4.78, 5) is 3.77. The van der Waals surface area contributed by atoms with Crippen molar-refractivity contribution in [3.63, 3.8) is 0 Å². The van der Waals surface area contributed by atoms with Gasteiger partial charge in [-0.25, -0.2) is 4.98 Å². The highest BCUT2D eigenvalue weighted by atomic mass is 16.4. The maximum absolute atomic E-state index is 8.13. The van der Waals surface area contributed by atoms with Crippen LogP contribution in [0.1, 0.15) is 5.56 Å². The molecule has 0 aromatic carbocycles. The number of pyridine rings is 1. The molecule has 0 amide bonds. The zero-order chi connectivity index (χ0) is 7.40.